The molecule has 70 valence electrons. The van der Waals surface area contributed by atoms with Gasteiger partial charge in [0.2, 0.25) is 5.88 Å². The lowest BCUT2D eigenvalue weighted by Gasteiger charge is -2.07. The van der Waals surface area contributed by atoms with Crippen molar-refractivity contribution < 1.29 is 14.6 Å². The number of ether oxygens (including phenoxy) is 1. The number of nitrogens with two attached hydrogens (primary N) is 1. The summed E-state index contributed by atoms with van der Waals surface area (Å²) in [6.45, 7) is 1.71. The summed E-state index contributed by atoms with van der Waals surface area (Å²) < 4.78 is 4.80. The zero-order chi connectivity index (χ0) is 10.0. The zero-order valence-electron chi connectivity index (χ0n) is 7.37. The number of aromatic nitrogens is 1. The second-order valence-electron chi connectivity index (χ2n) is 2.54. The van der Waals surface area contributed by atoms with E-state index in [4.69, 9.17) is 15.6 Å². The maximum atomic E-state index is 10.7. The molecule has 0 atom stereocenters. The normalized spacial score (nSPS) is 9.69. The van der Waals surface area contributed by atoms with E-state index >= 15 is 0 Å². The number of carboxylic acids is 1. The highest BCUT2D eigenvalue weighted by atomic mass is 16.5. The Labute approximate surface area is 75.2 Å². The maximum Gasteiger partial charge on any atom is 0.343 e. The quantitative estimate of drug-likeness (QED) is 0.702. The molecule has 0 amide bonds. The summed E-state index contributed by atoms with van der Waals surface area (Å²) in [5.41, 5.74) is 6.20. The lowest BCUT2D eigenvalue weighted by molar-refractivity contribution is 0.0693. The molecule has 0 aliphatic rings. The predicted molar refractivity (Wildman–Crippen MR) is 46.9 cm³/mol. The van der Waals surface area contributed by atoms with Crippen LogP contribution >= 0.6 is 0 Å². The Bertz CT molecular complexity index is 349. The third kappa shape index (κ3) is 1.69. The third-order valence-electron chi connectivity index (χ3n) is 1.55. The first-order chi connectivity index (χ1) is 6.06. The van der Waals surface area contributed by atoms with Crippen molar-refractivity contribution in [1.82, 2.24) is 4.98 Å². The Morgan fingerprint density at radius 2 is 2.31 bits per heavy atom. The van der Waals surface area contributed by atoms with Crippen molar-refractivity contribution in [1.29, 1.82) is 0 Å². The van der Waals surface area contributed by atoms with E-state index in [9.17, 15) is 4.79 Å². The second kappa shape index (κ2) is 3.30. The number of carboxylic acid groups (broad SMARTS) is 1. The van der Waals surface area contributed by atoms with Crippen LogP contribution in [0.3, 0.4) is 0 Å². The van der Waals surface area contributed by atoms with Gasteiger partial charge in [0.15, 0.2) is 0 Å². The van der Waals surface area contributed by atoms with E-state index in [1.165, 1.54) is 13.2 Å². The van der Waals surface area contributed by atoms with Gasteiger partial charge < -0.3 is 15.6 Å². The minimum absolute atomic E-state index is 0.0463. The Morgan fingerprint density at radius 1 is 1.69 bits per heavy atom. The van der Waals surface area contributed by atoms with Crippen LogP contribution in [0, 0.1) is 6.92 Å². The van der Waals surface area contributed by atoms with Crippen molar-refractivity contribution in [3.05, 3.63) is 17.3 Å². The highest BCUT2D eigenvalue weighted by Crippen LogP contribution is 2.22. The van der Waals surface area contributed by atoms with Gasteiger partial charge in [0.05, 0.1) is 12.8 Å². The maximum absolute atomic E-state index is 10.7. The topological polar surface area (TPSA) is 85.4 Å². The molecule has 0 aliphatic heterocycles. The number of aromatic carboxylic acids is 1. The van der Waals surface area contributed by atoms with Crippen molar-refractivity contribution in [2.45, 2.75) is 6.92 Å². The average molecular weight is 182 g/mol. The smallest absolute Gasteiger partial charge is 0.343 e. The minimum Gasteiger partial charge on any atom is -0.480 e. The second-order valence-corrected chi connectivity index (χ2v) is 2.54. The summed E-state index contributed by atoms with van der Waals surface area (Å²) >= 11 is 0. The van der Waals surface area contributed by atoms with Gasteiger partial charge in [-0.2, -0.15) is 0 Å². The number of carbonyl (C=O) groups is 1. The number of hydrogen-bond donors (Lipinski definition) is 2. The molecule has 0 bridgehead atoms. The van der Waals surface area contributed by atoms with Gasteiger partial charge in [0.1, 0.15) is 5.56 Å². The van der Waals surface area contributed by atoms with E-state index in [2.05, 4.69) is 4.98 Å². The molecule has 1 rings (SSSR count). The van der Waals surface area contributed by atoms with Gasteiger partial charge in [-0.25, -0.2) is 9.78 Å². The van der Waals surface area contributed by atoms with Gasteiger partial charge >= 0.3 is 5.97 Å². The number of hydrogen-bond acceptors (Lipinski definition) is 4. The molecular weight excluding hydrogens is 172 g/mol. The molecule has 0 unspecified atom stereocenters. The van der Waals surface area contributed by atoms with E-state index in [0.29, 0.717) is 5.69 Å². The van der Waals surface area contributed by atoms with Crippen molar-refractivity contribution in [3.8, 4) is 5.88 Å². The third-order valence-corrected chi connectivity index (χ3v) is 1.55. The lowest BCUT2D eigenvalue weighted by Crippen LogP contribution is -2.07. The number of nitrogen functional groups attached to an aromatic ring is 1. The van der Waals surface area contributed by atoms with Crippen LogP contribution in [0.4, 0.5) is 5.69 Å². The Balaban J connectivity index is 3.38. The molecule has 0 aliphatic carbocycles. The Kier molecular flexibility index (Phi) is 2.36. The summed E-state index contributed by atoms with van der Waals surface area (Å²) in [4.78, 5) is 14.6. The number of pyridine rings is 1. The van der Waals surface area contributed by atoms with Crippen LogP contribution in [-0.4, -0.2) is 23.2 Å². The molecule has 0 saturated heterocycles. The van der Waals surface area contributed by atoms with Crippen LogP contribution in [0.15, 0.2) is 6.07 Å². The van der Waals surface area contributed by atoms with Gasteiger partial charge in [-0.05, 0) is 13.0 Å². The van der Waals surface area contributed by atoms with Gasteiger partial charge in [0, 0.05) is 5.69 Å². The van der Waals surface area contributed by atoms with Crippen LogP contribution in [0.25, 0.3) is 0 Å². The molecule has 5 heteroatoms. The van der Waals surface area contributed by atoms with E-state index in [1.807, 2.05) is 0 Å². The Hall–Kier alpha value is -1.78. The molecule has 0 spiro atoms. The molecule has 13 heavy (non-hydrogen) atoms. The lowest BCUT2D eigenvalue weighted by atomic mass is 10.2. The molecule has 3 N–H and O–H groups in total. The zero-order valence-corrected chi connectivity index (χ0v) is 7.37. The van der Waals surface area contributed by atoms with E-state index in [-0.39, 0.29) is 17.1 Å². The molecule has 0 aromatic carbocycles. The first-order valence-corrected chi connectivity index (χ1v) is 3.60. The van der Waals surface area contributed by atoms with Crippen molar-refractivity contribution in [2.75, 3.05) is 12.8 Å². The van der Waals surface area contributed by atoms with Crippen LogP contribution in [-0.2, 0) is 0 Å². The molecule has 1 heterocycles. The molecular formula is C8H10N2O3. The van der Waals surface area contributed by atoms with Gasteiger partial charge in [-0.1, -0.05) is 0 Å². The number of rotatable bonds is 2. The summed E-state index contributed by atoms with van der Waals surface area (Å²) in [6, 6.07) is 1.49. The van der Waals surface area contributed by atoms with Crippen molar-refractivity contribution >= 4 is 11.7 Å². The number of aryl methyl sites for hydroxylation is 1. The highest BCUT2D eigenvalue weighted by molar-refractivity contribution is 5.96. The van der Waals surface area contributed by atoms with E-state index in [1.54, 1.807) is 6.92 Å². The van der Waals surface area contributed by atoms with Gasteiger partial charge in [-0.15, -0.1) is 0 Å². The molecule has 0 radical (unpaired) electrons. The first-order valence-electron chi connectivity index (χ1n) is 3.60. The summed E-state index contributed by atoms with van der Waals surface area (Å²) in [6.07, 6.45) is 0. The largest absolute Gasteiger partial charge is 0.480 e. The number of anilines is 1. The predicted octanol–water partition coefficient (Wildman–Crippen LogP) is 0.679. The summed E-state index contributed by atoms with van der Waals surface area (Å²) in [5, 5.41) is 8.77. The standard InChI is InChI=1S/C8H10N2O3/c1-4-3-5(9)6(8(11)12)7(10-4)13-2/h3H,1-2H3,(H2,9,10)(H,11,12). The average Bonchev–Trinajstić information content (AvgIpc) is 2.01. The minimum atomic E-state index is -1.14. The fraction of sp³-hybridized carbons (Fsp3) is 0.250. The molecule has 1 aromatic rings. The van der Waals surface area contributed by atoms with E-state index in [0.717, 1.165) is 0 Å². The first kappa shape index (κ1) is 9.31. The molecule has 0 saturated carbocycles. The van der Waals surface area contributed by atoms with Crippen LogP contribution in [0.5, 0.6) is 5.88 Å². The fourth-order valence-corrected chi connectivity index (χ4v) is 1.03. The van der Waals surface area contributed by atoms with E-state index < -0.39 is 5.97 Å². The monoisotopic (exact) mass is 182 g/mol. The van der Waals surface area contributed by atoms with Crippen molar-refractivity contribution in [3.63, 3.8) is 0 Å². The number of nitrogens with zero attached hydrogens (tertiary/aromatic N) is 1. The van der Waals surface area contributed by atoms with Crippen molar-refractivity contribution in [2.24, 2.45) is 0 Å². The molecule has 5 nitrogen and oxygen atoms in total. The Morgan fingerprint density at radius 3 is 2.77 bits per heavy atom. The van der Waals surface area contributed by atoms with Crippen LogP contribution in [0.2, 0.25) is 0 Å². The van der Waals surface area contributed by atoms with Crippen LogP contribution in [0.1, 0.15) is 16.1 Å². The fourth-order valence-electron chi connectivity index (χ4n) is 1.03. The summed E-state index contributed by atoms with van der Waals surface area (Å²) in [5.74, 6) is -1.09. The summed E-state index contributed by atoms with van der Waals surface area (Å²) in [7, 11) is 1.35. The molecule has 1 aromatic heterocycles. The SMILES string of the molecule is COc1nc(C)cc(N)c1C(=O)O. The van der Waals surface area contributed by atoms with Gasteiger partial charge in [0.25, 0.3) is 0 Å². The highest BCUT2D eigenvalue weighted by Gasteiger charge is 2.16. The van der Waals surface area contributed by atoms with Crippen LogP contribution < -0.4 is 10.5 Å². The number of methoxy groups -OCH3 is 1. The molecule has 0 fully saturated rings. The van der Waals surface area contributed by atoms with Gasteiger partial charge in [-0.3, -0.25) is 0 Å².